The van der Waals surface area contributed by atoms with Crippen LogP contribution >= 0.6 is 0 Å². The van der Waals surface area contributed by atoms with Crippen molar-refractivity contribution in [3.8, 4) is 11.5 Å². The number of piperazine rings is 1. The number of carbonyl (C=O) groups is 2. The first-order valence-corrected chi connectivity index (χ1v) is 9.05. The summed E-state index contributed by atoms with van der Waals surface area (Å²) in [5.74, 6) is 1.35. The lowest BCUT2D eigenvalue weighted by molar-refractivity contribution is -0.140. The van der Waals surface area contributed by atoms with Crippen LogP contribution in [-0.4, -0.2) is 61.0 Å². The van der Waals surface area contributed by atoms with Gasteiger partial charge in [-0.2, -0.15) is 0 Å². The number of hydrogen-bond acceptors (Lipinski definition) is 4. The van der Waals surface area contributed by atoms with Crippen LogP contribution < -0.4 is 9.47 Å². The lowest BCUT2D eigenvalue weighted by atomic mass is 10.2. The molecule has 0 bridgehead atoms. The van der Waals surface area contributed by atoms with Crippen molar-refractivity contribution >= 4 is 11.8 Å². The topological polar surface area (TPSA) is 59.1 Å². The normalized spacial score (nSPS) is 14.3. The summed E-state index contributed by atoms with van der Waals surface area (Å²) in [4.78, 5) is 28.0. The maximum atomic E-state index is 12.3. The lowest BCUT2D eigenvalue weighted by Gasteiger charge is -2.34. The second-order valence-electron chi connectivity index (χ2n) is 6.03. The van der Waals surface area contributed by atoms with E-state index >= 15 is 0 Å². The number of ether oxygens (including phenoxy) is 2. The van der Waals surface area contributed by atoms with Gasteiger partial charge in [-0.15, -0.1) is 0 Å². The second kappa shape index (κ2) is 9.91. The summed E-state index contributed by atoms with van der Waals surface area (Å²) in [5, 5.41) is 0. The summed E-state index contributed by atoms with van der Waals surface area (Å²) >= 11 is 0. The molecule has 2 rings (SSSR count). The standard InChI is InChI=1S/C19H28N2O4/c1-3-5-10-18(22)20-11-13-21(14-12-20)19(23)15-25-17-9-7-6-8-16(17)24-4-2/h6-9H,3-5,10-15H2,1-2H3. The van der Waals surface area contributed by atoms with Crippen LogP contribution in [0.3, 0.4) is 0 Å². The van der Waals surface area contributed by atoms with Gasteiger partial charge in [-0.25, -0.2) is 0 Å². The van der Waals surface area contributed by atoms with Crippen LogP contribution in [0.1, 0.15) is 33.1 Å². The zero-order valence-corrected chi connectivity index (χ0v) is 15.2. The molecule has 0 aliphatic carbocycles. The molecule has 0 spiro atoms. The molecule has 1 heterocycles. The highest BCUT2D eigenvalue weighted by Gasteiger charge is 2.24. The third kappa shape index (κ3) is 5.66. The smallest absolute Gasteiger partial charge is 0.260 e. The highest BCUT2D eigenvalue weighted by Crippen LogP contribution is 2.26. The first kappa shape index (κ1) is 19.1. The molecule has 2 amide bonds. The Morgan fingerprint density at radius 3 is 2.04 bits per heavy atom. The summed E-state index contributed by atoms with van der Waals surface area (Å²) < 4.78 is 11.1. The van der Waals surface area contributed by atoms with Crippen LogP contribution in [0.4, 0.5) is 0 Å². The third-order valence-corrected chi connectivity index (χ3v) is 4.23. The van der Waals surface area contributed by atoms with E-state index in [2.05, 4.69) is 6.92 Å². The monoisotopic (exact) mass is 348 g/mol. The van der Waals surface area contributed by atoms with Crippen molar-refractivity contribution in [3.63, 3.8) is 0 Å². The molecule has 0 atom stereocenters. The number of benzene rings is 1. The van der Waals surface area contributed by atoms with Gasteiger partial charge in [0.2, 0.25) is 5.91 Å². The molecule has 6 heteroatoms. The zero-order chi connectivity index (χ0) is 18.1. The summed E-state index contributed by atoms with van der Waals surface area (Å²) in [7, 11) is 0. The number of hydrogen-bond donors (Lipinski definition) is 0. The largest absolute Gasteiger partial charge is 0.490 e. The number of unbranched alkanes of at least 4 members (excludes halogenated alkanes) is 1. The van der Waals surface area contributed by atoms with Gasteiger partial charge < -0.3 is 19.3 Å². The second-order valence-corrected chi connectivity index (χ2v) is 6.03. The summed E-state index contributed by atoms with van der Waals surface area (Å²) in [6, 6.07) is 7.34. The SMILES string of the molecule is CCCCC(=O)N1CCN(C(=O)COc2ccccc2OCC)CC1. The molecule has 1 fully saturated rings. The van der Waals surface area contributed by atoms with E-state index in [1.165, 1.54) is 0 Å². The molecule has 1 aromatic rings. The average Bonchev–Trinajstić information content (AvgIpc) is 2.65. The van der Waals surface area contributed by atoms with E-state index in [4.69, 9.17) is 9.47 Å². The Morgan fingerprint density at radius 2 is 1.48 bits per heavy atom. The molecule has 25 heavy (non-hydrogen) atoms. The zero-order valence-electron chi connectivity index (χ0n) is 15.2. The Morgan fingerprint density at radius 1 is 0.920 bits per heavy atom. The highest BCUT2D eigenvalue weighted by molar-refractivity contribution is 5.79. The lowest BCUT2D eigenvalue weighted by Crippen LogP contribution is -2.51. The van der Waals surface area contributed by atoms with Crippen molar-refractivity contribution < 1.29 is 19.1 Å². The van der Waals surface area contributed by atoms with Crippen LogP contribution in [0, 0.1) is 0 Å². The van der Waals surface area contributed by atoms with Gasteiger partial charge >= 0.3 is 0 Å². The van der Waals surface area contributed by atoms with Crippen LogP contribution in [-0.2, 0) is 9.59 Å². The molecule has 0 unspecified atom stereocenters. The van der Waals surface area contributed by atoms with Crippen molar-refractivity contribution in [2.45, 2.75) is 33.1 Å². The van der Waals surface area contributed by atoms with E-state index in [0.717, 1.165) is 12.8 Å². The fraction of sp³-hybridized carbons (Fsp3) is 0.579. The van der Waals surface area contributed by atoms with E-state index in [1.54, 1.807) is 11.0 Å². The first-order chi connectivity index (χ1) is 12.2. The fourth-order valence-electron chi connectivity index (χ4n) is 2.77. The highest BCUT2D eigenvalue weighted by atomic mass is 16.5. The van der Waals surface area contributed by atoms with Crippen molar-refractivity contribution in [2.75, 3.05) is 39.4 Å². The van der Waals surface area contributed by atoms with Gasteiger partial charge in [0.15, 0.2) is 18.1 Å². The van der Waals surface area contributed by atoms with Gasteiger partial charge in [0.1, 0.15) is 0 Å². The maximum Gasteiger partial charge on any atom is 0.260 e. The Hall–Kier alpha value is -2.24. The van der Waals surface area contributed by atoms with Crippen LogP contribution in [0.25, 0.3) is 0 Å². The van der Waals surface area contributed by atoms with E-state index < -0.39 is 0 Å². The van der Waals surface area contributed by atoms with Gasteiger partial charge in [0.05, 0.1) is 6.61 Å². The van der Waals surface area contributed by atoms with E-state index in [9.17, 15) is 9.59 Å². The Labute approximate surface area is 149 Å². The minimum absolute atomic E-state index is 0.0200. The molecule has 1 aliphatic heterocycles. The molecule has 1 saturated heterocycles. The average molecular weight is 348 g/mol. The molecule has 138 valence electrons. The molecule has 6 nitrogen and oxygen atoms in total. The Balaban J connectivity index is 1.78. The van der Waals surface area contributed by atoms with Gasteiger partial charge in [0.25, 0.3) is 5.91 Å². The summed E-state index contributed by atoms with van der Waals surface area (Å²) in [5.41, 5.74) is 0. The molecule has 1 aliphatic rings. The van der Waals surface area contributed by atoms with Crippen molar-refractivity contribution in [2.24, 2.45) is 0 Å². The number of nitrogens with zero attached hydrogens (tertiary/aromatic N) is 2. The number of rotatable bonds is 8. The van der Waals surface area contributed by atoms with Gasteiger partial charge in [-0.1, -0.05) is 25.5 Å². The number of amides is 2. The van der Waals surface area contributed by atoms with E-state index in [-0.39, 0.29) is 18.4 Å². The van der Waals surface area contributed by atoms with Gasteiger partial charge in [0, 0.05) is 32.6 Å². The van der Waals surface area contributed by atoms with E-state index in [0.29, 0.717) is 50.7 Å². The summed E-state index contributed by atoms with van der Waals surface area (Å²) in [6.45, 7) is 6.83. The predicted molar refractivity (Wildman–Crippen MR) is 95.8 cm³/mol. The van der Waals surface area contributed by atoms with Crippen LogP contribution in [0.5, 0.6) is 11.5 Å². The quantitative estimate of drug-likeness (QED) is 0.723. The molecule has 0 saturated carbocycles. The Kier molecular flexibility index (Phi) is 7.57. The summed E-state index contributed by atoms with van der Waals surface area (Å²) in [6.07, 6.45) is 2.54. The van der Waals surface area contributed by atoms with Crippen LogP contribution in [0.2, 0.25) is 0 Å². The van der Waals surface area contributed by atoms with Crippen LogP contribution in [0.15, 0.2) is 24.3 Å². The molecular weight excluding hydrogens is 320 g/mol. The molecule has 1 aromatic carbocycles. The van der Waals surface area contributed by atoms with Crippen molar-refractivity contribution in [1.29, 1.82) is 0 Å². The van der Waals surface area contributed by atoms with E-state index in [1.807, 2.05) is 30.0 Å². The van der Waals surface area contributed by atoms with Crippen molar-refractivity contribution in [1.82, 2.24) is 9.80 Å². The van der Waals surface area contributed by atoms with Crippen molar-refractivity contribution in [3.05, 3.63) is 24.3 Å². The van der Waals surface area contributed by atoms with Gasteiger partial charge in [-0.05, 0) is 25.5 Å². The number of para-hydroxylation sites is 2. The molecular formula is C19H28N2O4. The minimum Gasteiger partial charge on any atom is -0.490 e. The minimum atomic E-state index is -0.0630. The first-order valence-electron chi connectivity index (χ1n) is 9.05. The Bertz CT molecular complexity index is 568. The fourth-order valence-corrected chi connectivity index (χ4v) is 2.77. The molecule has 0 radical (unpaired) electrons. The predicted octanol–water partition coefficient (Wildman–Crippen LogP) is 2.33. The third-order valence-electron chi connectivity index (χ3n) is 4.23. The molecule has 0 N–H and O–H groups in total. The maximum absolute atomic E-state index is 12.3. The van der Waals surface area contributed by atoms with Gasteiger partial charge in [-0.3, -0.25) is 9.59 Å². The number of carbonyl (C=O) groups excluding carboxylic acids is 2. The molecule has 0 aromatic heterocycles.